The van der Waals surface area contributed by atoms with E-state index in [2.05, 4.69) is 0 Å². The molecule has 2 fully saturated rings. The van der Waals surface area contributed by atoms with Crippen LogP contribution in [-0.2, 0) is 4.79 Å². The Morgan fingerprint density at radius 3 is 2.45 bits per heavy atom. The molecule has 1 amide bonds. The predicted molar refractivity (Wildman–Crippen MR) is 119 cm³/mol. The number of nitrogens with zero attached hydrogens (tertiary/aromatic N) is 2. The van der Waals surface area contributed by atoms with E-state index >= 15 is 0 Å². The summed E-state index contributed by atoms with van der Waals surface area (Å²) in [5.74, 6) is 1.50. The van der Waals surface area contributed by atoms with Gasteiger partial charge in [-0.25, -0.2) is 0 Å². The van der Waals surface area contributed by atoms with Crippen molar-refractivity contribution in [2.45, 2.75) is 38.1 Å². The first-order chi connectivity index (χ1) is 14.1. The number of carbonyl (C=O) groups excluding carboxylic acids is 1. The molecule has 1 aliphatic carbocycles. The molecule has 5 nitrogen and oxygen atoms in total. The van der Waals surface area contributed by atoms with Crippen molar-refractivity contribution in [3.05, 3.63) is 41.6 Å². The lowest BCUT2D eigenvalue weighted by molar-refractivity contribution is -0.124. The lowest BCUT2D eigenvalue weighted by atomic mass is 9.94. The Bertz CT molecular complexity index is 995. The van der Waals surface area contributed by atoms with E-state index in [-0.39, 0.29) is 11.9 Å². The van der Waals surface area contributed by atoms with E-state index in [1.807, 2.05) is 53.3 Å². The maximum absolute atomic E-state index is 13.3. The van der Waals surface area contributed by atoms with Gasteiger partial charge in [0.25, 0.3) is 5.91 Å². The van der Waals surface area contributed by atoms with E-state index < -0.39 is 0 Å². The van der Waals surface area contributed by atoms with Crippen molar-refractivity contribution in [1.82, 2.24) is 9.80 Å². The second-order valence-electron chi connectivity index (χ2n) is 7.58. The number of hydrogen-bond acceptors (Lipinski definition) is 4. The number of ether oxygens (including phenoxy) is 2. The molecule has 1 heterocycles. The second-order valence-corrected chi connectivity index (χ2v) is 7.94. The Kier molecular flexibility index (Phi) is 5.46. The number of benzene rings is 2. The summed E-state index contributed by atoms with van der Waals surface area (Å²) < 4.78 is 11.1. The molecule has 1 saturated heterocycles. The third-order valence-corrected chi connectivity index (χ3v) is 6.43. The van der Waals surface area contributed by atoms with Gasteiger partial charge >= 0.3 is 0 Å². The molecule has 6 heteroatoms. The van der Waals surface area contributed by atoms with Crippen molar-refractivity contribution in [2.75, 3.05) is 21.3 Å². The van der Waals surface area contributed by atoms with Crippen molar-refractivity contribution in [3.8, 4) is 11.5 Å². The first-order valence-corrected chi connectivity index (χ1v) is 10.4. The van der Waals surface area contributed by atoms with Crippen molar-refractivity contribution < 1.29 is 14.3 Å². The summed E-state index contributed by atoms with van der Waals surface area (Å²) in [6, 6.07) is 9.95. The Labute approximate surface area is 176 Å². The summed E-state index contributed by atoms with van der Waals surface area (Å²) in [6.45, 7) is 0. The predicted octanol–water partition coefficient (Wildman–Crippen LogP) is 4.59. The third-order valence-electron chi connectivity index (χ3n) is 5.96. The van der Waals surface area contributed by atoms with Gasteiger partial charge < -0.3 is 14.4 Å². The average molecular weight is 411 g/mol. The zero-order chi connectivity index (χ0) is 20.5. The quantitative estimate of drug-likeness (QED) is 0.545. The summed E-state index contributed by atoms with van der Waals surface area (Å²) in [7, 11) is 5.18. The minimum absolute atomic E-state index is 0.0109. The van der Waals surface area contributed by atoms with E-state index in [0.717, 1.165) is 53.5 Å². The monoisotopic (exact) mass is 410 g/mol. The lowest BCUT2D eigenvalue weighted by Gasteiger charge is -2.30. The van der Waals surface area contributed by atoms with Crippen molar-refractivity contribution >= 4 is 40.1 Å². The Hall–Kier alpha value is -2.60. The minimum atomic E-state index is -0.0109. The summed E-state index contributed by atoms with van der Waals surface area (Å²) in [5, 5.41) is 2.46. The third kappa shape index (κ3) is 3.35. The largest absolute Gasteiger partial charge is 0.496 e. The number of methoxy groups -OCH3 is 2. The summed E-state index contributed by atoms with van der Waals surface area (Å²) in [4.78, 5) is 17.0. The average Bonchev–Trinajstić information content (AvgIpc) is 2.97. The summed E-state index contributed by atoms with van der Waals surface area (Å²) >= 11 is 5.64. The van der Waals surface area contributed by atoms with Gasteiger partial charge in [-0.3, -0.25) is 9.69 Å². The molecule has 4 rings (SSSR count). The Morgan fingerprint density at radius 1 is 1.03 bits per heavy atom. The van der Waals surface area contributed by atoms with Crippen LogP contribution in [0.2, 0.25) is 0 Å². The molecule has 0 radical (unpaired) electrons. The van der Waals surface area contributed by atoms with Crippen LogP contribution in [0.5, 0.6) is 11.5 Å². The maximum Gasteiger partial charge on any atom is 0.277 e. The number of amides is 1. The van der Waals surface area contributed by atoms with Gasteiger partial charge in [-0.15, -0.1) is 0 Å². The highest BCUT2D eigenvalue weighted by molar-refractivity contribution is 7.80. The smallest absolute Gasteiger partial charge is 0.277 e. The van der Waals surface area contributed by atoms with Crippen LogP contribution in [0.15, 0.2) is 36.0 Å². The molecule has 152 valence electrons. The van der Waals surface area contributed by atoms with Gasteiger partial charge in [-0.1, -0.05) is 37.5 Å². The Morgan fingerprint density at radius 2 is 1.76 bits per heavy atom. The van der Waals surface area contributed by atoms with E-state index in [1.165, 1.54) is 6.42 Å². The SMILES string of the molecule is COc1ccc(/C=C2/C(=O)N(C3CCCCC3)C(=S)N2C)c2c(OC)cccc12. The molecule has 2 aliphatic rings. The van der Waals surface area contributed by atoms with Gasteiger partial charge in [0.2, 0.25) is 0 Å². The molecule has 0 N–H and O–H groups in total. The van der Waals surface area contributed by atoms with Gasteiger partial charge in [0, 0.05) is 23.9 Å². The number of likely N-dealkylation sites (N-methyl/N-ethyl adjacent to an activating group) is 1. The second kappa shape index (κ2) is 8.03. The van der Waals surface area contributed by atoms with Crippen LogP contribution >= 0.6 is 12.2 Å². The maximum atomic E-state index is 13.3. The minimum Gasteiger partial charge on any atom is -0.496 e. The highest BCUT2D eigenvalue weighted by atomic mass is 32.1. The number of fused-ring (bicyclic) bond motifs is 1. The van der Waals surface area contributed by atoms with E-state index in [4.69, 9.17) is 21.7 Å². The standard InChI is InChI=1S/C23H26N2O3S/c1-24-18(22(26)25(23(24)29)16-8-5-4-6-9-16)14-15-12-13-19(27-2)17-10-7-11-20(28-3)21(15)17/h7,10-14,16H,4-6,8-9H2,1-3H3/b18-14-. The normalized spacial score (nSPS) is 19.5. The van der Waals surface area contributed by atoms with Crippen LogP contribution in [0.25, 0.3) is 16.8 Å². The fraction of sp³-hybridized carbons (Fsp3) is 0.391. The van der Waals surface area contributed by atoms with Gasteiger partial charge in [0.1, 0.15) is 17.2 Å². The molecule has 1 aliphatic heterocycles. The van der Waals surface area contributed by atoms with E-state index in [0.29, 0.717) is 10.8 Å². The van der Waals surface area contributed by atoms with E-state index in [1.54, 1.807) is 14.2 Å². The number of rotatable bonds is 4. The number of carbonyl (C=O) groups is 1. The van der Waals surface area contributed by atoms with Crippen LogP contribution in [0, 0.1) is 0 Å². The number of hydrogen-bond donors (Lipinski definition) is 0. The Balaban J connectivity index is 1.80. The topological polar surface area (TPSA) is 42.0 Å². The van der Waals surface area contributed by atoms with Crippen LogP contribution in [0.3, 0.4) is 0 Å². The molecule has 0 unspecified atom stereocenters. The highest BCUT2D eigenvalue weighted by Gasteiger charge is 2.40. The first-order valence-electron chi connectivity index (χ1n) is 10.0. The fourth-order valence-electron chi connectivity index (χ4n) is 4.43. The molecule has 0 spiro atoms. The van der Waals surface area contributed by atoms with Crippen molar-refractivity contribution in [3.63, 3.8) is 0 Å². The van der Waals surface area contributed by atoms with Crippen molar-refractivity contribution in [2.24, 2.45) is 0 Å². The van der Waals surface area contributed by atoms with Crippen LogP contribution < -0.4 is 9.47 Å². The van der Waals surface area contributed by atoms with Gasteiger partial charge in [-0.05, 0) is 48.8 Å². The molecular formula is C23H26N2O3S. The van der Waals surface area contributed by atoms with Gasteiger partial charge in [0.15, 0.2) is 5.11 Å². The number of thiocarbonyl (C=S) groups is 1. The summed E-state index contributed by atoms with van der Waals surface area (Å²) in [6.07, 6.45) is 7.50. The fourth-order valence-corrected chi connectivity index (χ4v) is 4.76. The molecule has 0 bridgehead atoms. The summed E-state index contributed by atoms with van der Waals surface area (Å²) in [5.41, 5.74) is 1.50. The van der Waals surface area contributed by atoms with Gasteiger partial charge in [0.05, 0.1) is 14.2 Å². The highest BCUT2D eigenvalue weighted by Crippen LogP contribution is 2.37. The molecule has 1 saturated carbocycles. The van der Waals surface area contributed by atoms with Gasteiger partial charge in [-0.2, -0.15) is 0 Å². The van der Waals surface area contributed by atoms with Crippen LogP contribution in [0.1, 0.15) is 37.7 Å². The van der Waals surface area contributed by atoms with E-state index in [9.17, 15) is 4.79 Å². The first kappa shape index (κ1) is 19.7. The zero-order valence-electron chi connectivity index (χ0n) is 17.1. The molecular weight excluding hydrogens is 384 g/mol. The molecule has 2 aromatic rings. The van der Waals surface area contributed by atoms with Crippen LogP contribution in [-0.4, -0.2) is 48.1 Å². The van der Waals surface area contributed by atoms with Crippen LogP contribution in [0.4, 0.5) is 0 Å². The molecule has 29 heavy (non-hydrogen) atoms. The molecule has 0 aromatic heterocycles. The molecule has 2 aromatic carbocycles. The zero-order valence-corrected chi connectivity index (χ0v) is 17.9. The lowest BCUT2D eigenvalue weighted by Crippen LogP contribution is -2.41. The van der Waals surface area contributed by atoms with Crippen molar-refractivity contribution in [1.29, 1.82) is 0 Å². The molecule has 0 atom stereocenters.